The molecule has 4 aromatic rings. The maximum Gasteiger partial charge on any atom is 0.276 e. The molecule has 29 heavy (non-hydrogen) atoms. The smallest absolute Gasteiger partial charge is 0.276 e. The van der Waals surface area contributed by atoms with E-state index in [1.54, 1.807) is 15.4 Å². The Kier molecular flexibility index (Phi) is 4.16. The minimum Gasteiger partial charge on any atom is -0.314 e. The molecule has 0 radical (unpaired) electrons. The molecular weight excluding hydrogens is 366 g/mol. The van der Waals surface area contributed by atoms with Crippen molar-refractivity contribution < 1.29 is 0 Å². The highest BCUT2D eigenvalue weighted by molar-refractivity contribution is 5.79. The maximum absolute atomic E-state index is 13.0. The second-order valence-electron chi connectivity index (χ2n) is 7.92. The number of imidazole rings is 1. The van der Waals surface area contributed by atoms with Gasteiger partial charge < -0.3 is 5.32 Å². The molecule has 1 aliphatic rings. The van der Waals surface area contributed by atoms with Gasteiger partial charge in [-0.05, 0) is 63.9 Å². The van der Waals surface area contributed by atoms with Crippen molar-refractivity contribution in [1.82, 2.24) is 34.7 Å². The predicted molar refractivity (Wildman–Crippen MR) is 111 cm³/mol. The molecule has 148 valence electrons. The summed E-state index contributed by atoms with van der Waals surface area (Å²) in [4.78, 5) is 22.2. The number of nitrogens with zero attached hydrogens (tertiary/aromatic N) is 6. The Balaban J connectivity index is 1.58. The van der Waals surface area contributed by atoms with Crippen LogP contribution in [0.5, 0.6) is 0 Å². The molecule has 1 saturated heterocycles. The number of rotatable bonds is 2. The van der Waals surface area contributed by atoms with E-state index in [4.69, 9.17) is 0 Å². The molecule has 0 spiro atoms. The number of nitrogens with one attached hydrogen (secondary N) is 1. The summed E-state index contributed by atoms with van der Waals surface area (Å²) in [6.07, 6.45) is 5.39. The molecule has 0 saturated carbocycles. The fraction of sp³-hybridized carbons (Fsp3) is 0.381. The van der Waals surface area contributed by atoms with Gasteiger partial charge in [0, 0.05) is 6.04 Å². The Bertz CT molecular complexity index is 1290. The van der Waals surface area contributed by atoms with Crippen molar-refractivity contribution in [3.8, 4) is 11.4 Å². The number of pyridine rings is 1. The summed E-state index contributed by atoms with van der Waals surface area (Å²) in [5.41, 5.74) is 4.75. The average molecular weight is 389 g/mol. The molecule has 0 aromatic carbocycles. The zero-order valence-corrected chi connectivity index (χ0v) is 16.8. The highest BCUT2D eigenvalue weighted by atomic mass is 16.1. The van der Waals surface area contributed by atoms with E-state index < -0.39 is 0 Å². The summed E-state index contributed by atoms with van der Waals surface area (Å²) < 4.78 is 3.41. The van der Waals surface area contributed by atoms with Crippen LogP contribution in [0, 0.1) is 13.8 Å². The van der Waals surface area contributed by atoms with E-state index in [-0.39, 0.29) is 11.6 Å². The second kappa shape index (κ2) is 6.73. The first-order valence-electron chi connectivity index (χ1n) is 9.95. The number of hydrogen-bond donors (Lipinski definition) is 1. The van der Waals surface area contributed by atoms with Gasteiger partial charge in [-0.2, -0.15) is 10.2 Å². The van der Waals surface area contributed by atoms with Gasteiger partial charge in [-0.3, -0.25) is 4.79 Å². The lowest BCUT2D eigenvalue weighted by molar-refractivity contribution is 0.288. The SMILES string of the molecule is Cc1cn2nc(-c3ccc4c(=O)n([C@H]5CCN[C@@H](C)C5)ncc4n3)cc(C)c2n1. The molecule has 0 amide bonds. The zero-order chi connectivity index (χ0) is 20.1. The zero-order valence-electron chi connectivity index (χ0n) is 16.8. The lowest BCUT2D eigenvalue weighted by Gasteiger charge is -2.28. The van der Waals surface area contributed by atoms with Crippen LogP contribution in [-0.4, -0.2) is 41.9 Å². The first-order valence-corrected chi connectivity index (χ1v) is 9.95. The average Bonchev–Trinajstić information content (AvgIpc) is 3.09. The third kappa shape index (κ3) is 3.09. The van der Waals surface area contributed by atoms with Gasteiger partial charge in [0.25, 0.3) is 5.56 Å². The second-order valence-corrected chi connectivity index (χ2v) is 7.92. The molecule has 4 aromatic heterocycles. The molecule has 0 aliphatic carbocycles. The van der Waals surface area contributed by atoms with E-state index in [9.17, 15) is 4.79 Å². The van der Waals surface area contributed by atoms with Crippen LogP contribution in [0.1, 0.15) is 37.1 Å². The lowest BCUT2D eigenvalue weighted by atomic mass is 10.0. The summed E-state index contributed by atoms with van der Waals surface area (Å²) >= 11 is 0. The first-order chi connectivity index (χ1) is 14.0. The highest BCUT2D eigenvalue weighted by Gasteiger charge is 2.22. The number of aromatic nitrogens is 6. The van der Waals surface area contributed by atoms with Crippen LogP contribution in [0.2, 0.25) is 0 Å². The third-order valence-corrected chi connectivity index (χ3v) is 5.60. The largest absolute Gasteiger partial charge is 0.314 e. The van der Waals surface area contributed by atoms with E-state index in [2.05, 4.69) is 32.4 Å². The third-order valence-electron chi connectivity index (χ3n) is 5.60. The van der Waals surface area contributed by atoms with Crippen molar-refractivity contribution in [2.45, 2.75) is 45.7 Å². The van der Waals surface area contributed by atoms with E-state index in [1.165, 1.54) is 0 Å². The normalized spacial score (nSPS) is 19.8. The summed E-state index contributed by atoms with van der Waals surface area (Å²) in [6, 6.07) is 6.18. The van der Waals surface area contributed by atoms with Gasteiger partial charge in [-0.1, -0.05) is 0 Å². The molecular formula is C21H23N7O. The Labute approximate surface area is 167 Å². The molecule has 2 atom stereocenters. The summed E-state index contributed by atoms with van der Waals surface area (Å²) in [5, 5.41) is 13.1. The standard InChI is InChI=1S/C21H23N7O/c1-12-8-18(26-27-11-14(3)24-20(12)27)17-5-4-16-19(25-17)10-23-28(21(16)29)15-6-7-22-13(2)9-15/h4-5,8,10-11,13,15,22H,6-7,9H2,1-3H3/t13-,15-/m0/s1. The van der Waals surface area contributed by atoms with E-state index in [0.29, 0.717) is 22.6 Å². The Hall–Kier alpha value is -3.13. The van der Waals surface area contributed by atoms with Gasteiger partial charge in [0.15, 0.2) is 5.65 Å². The van der Waals surface area contributed by atoms with Crippen molar-refractivity contribution in [3.63, 3.8) is 0 Å². The Morgan fingerprint density at radius 3 is 2.86 bits per heavy atom. The van der Waals surface area contributed by atoms with Crippen molar-refractivity contribution in [2.24, 2.45) is 0 Å². The minimum atomic E-state index is -0.0783. The van der Waals surface area contributed by atoms with E-state index >= 15 is 0 Å². The molecule has 8 heteroatoms. The minimum absolute atomic E-state index is 0.0783. The molecule has 1 aliphatic heterocycles. The lowest BCUT2D eigenvalue weighted by Crippen LogP contribution is -2.40. The number of hydrogen-bond acceptors (Lipinski definition) is 6. The maximum atomic E-state index is 13.0. The molecule has 5 rings (SSSR count). The van der Waals surface area contributed by atoms with Crippen LogP contribution in [0.3, 0.4) is 0 Å². The highest BCUT2D eigenvalue weighted by Crippen LogP contribution is 2.22. The molecule has 0 bridgehead atoms. The number of aryl methyl sites for hydroxylation is 2. The van der Waals surface area contributed by atoms with Gasteiger partial charge in [-0.15, -0.1) is 0 Å². The summed E-state index contributed by atoms with van der Waals surface area (Å²) in [6.45, 7) is 6.99. The number of fused-ring (bicyclic) bond motifs is 2. The number of piperidine rings is 1. The molecule has 0 unspecified atom stereocenters. The van der Waals surface area contributed by atoms with Gasteiger partial charge in [0.2, 0.25) is 0 Å². The molecule has 8 nitrogen and oxygen atoms in total. The van der Waals surface area contributed by atoms with Crippen molar-refractivity contribution in [3.05, 3.63) is 52.2 Å². The first kappa shape index (κ1) is 17.9. The monoisotopic (exact) mass is 389 g/mol. The fourth-order valence-corrected chi connectivity index (χ4v) is 4.15. The van der Waals surface area contributed by atoms with Crippen LogP contribution in [-0.2, 0) is 0 Å². The van der Waals surface area contributed by atoms with E-state index in [0.717, 1.165) is 42.0 Å². The quantitative estimate of drug-likeness (QED) is 0.566. The molecule has 1 fully saturated rings. The fourth-order valence-electron chi connectivity index (χ4n) is 4.15. The summed E-state index contributed by atoms with van der Waals surface area (Å²) in [5.74, 6) is 0. The van der Waals surface area contributed by atoms with Crippen LogP contribution in [0.25, 0.3) is 27.9 Å². The van der Waals surface area contributed by atoms with Crippen molar-refractivity contribution in [1.29, 1.82) is 0 Å². The summed E-state index contributed by atoms with van der Waals surface area (Å²) in [7, 11) is 0. The Morgan fingerprint density at radius 1 is 1.17 bits per heavy atom. The van der Waals surface area contributed by atoms with Crippen LogP contribution < -0.4 is 10.9 Å². The van der Waals surface area contributed by atoms with Crippen molar-refractivity contribution >= 4 is 16.6 Å². The van der Waals surface area contributed by atoms with Gasteiger partial charge in [0.05, 0.1) is 40.7 Å². The van der Waals surface area contributed by atoms with Crippen LogP contribution >= 0.6 is 0 Å². The van der Waals surface area contributed by atoms with E-state index in [1.807, 2.05) is 38.2 Å². The predicted octanol–water partition coefficient (Wildman–Crippen LogP) is 2.43. The van der Waals surface area contributed by atoms with Gasteiger partial charge in [-0.25, -0.2) is 19.2 Å². The van der Waals surface area contributed by atoms with Crippen molar-refractivity contribution in [2.75, 3.05) is 6.54 Å². The molecule has 1 N–H and O–H groups in total. The van der Waals surface area contributed by atoms with Crippen LogP contribution in [0.4, 0.5) is 0 Å². The topological polar surface area (TPSA) is 90.0 Å². The van der Waals surface area contributed by atoms with Gasteiger partial charge in [0.1, 0.15) is 5.69 Å². The van der Waals surface area contributed by atoms with Gasteiger partial charge >= 0.3 is 0 Å². The molecule has 5 heterocycles. The Morgan fingerprint density at radius 2 is 2.03 bits per heavy atom. The van der Waals surface area contributed by atoms with Crippen LogP contribution in [0.15, 0.2) is 35.4 Å².